The summed E-state index contributed by atoms with van der Waals surface area (Å²) in [4.78, 5) is 14.6. The Balaban J connectivity index is 1.49. The van der Waals surface area contributed by atoms with E-state index in [4.69, 9.17) is 9.47 Å². The Hall–Kier alpha value is -2.34. The van der Waals surface area contributed by atoms with E-state index in [2.05, 4.69) is 17.4 Å². The number of carbonyl (C=O) groups is 1. The molecule has 0 aliphatic carbocycles. The minimum absolute atomic E-state index is 0.0587. The number of amides is 2. The first kappa shape index (κ1) is 15.2. The monoisotopic (exact) mass is 342 g/mol. The molecule has 1 atom stereocenters. The van der Waals surface area contributed by atoms with Crippen LogP contribution in [0, 0.1) is 0 Å². The minimum atomic E-state index is -0.0921. The van der Waals surface area contributed by atoms with Crippen molar-refractivity contribution in [3.63, 3.8) is 0 Å². The highest BCUT2D eigenvalue weighted by molar-refractivity contribution is 7.99. The maximum atomic E-state index is 12.7. The first-order valence-corrected chi connectivity index (χ1v) is 9.00. The Morgan fingerprint density at radius 2 is 1.88 bits per heavy atom. The van der Waals surface area contributed by atoms with Gasteiger partial charge in [0.05, 0.1) is 0 Å². The first-order chi connectivity index (χ1) is 11.8. The van der Waals surface area contributed by atoms with Gasteiger partial charge in [0.2, 0.25) is 0 Å². The molecule has 1 unspecified atom stereocenters. The van der Waals surface area contributed by atoms with Crippen molar-refractivity contribution in [1.29, 1.82) is 0 Å². The van der Waals surface area contributed by atoms with Crippen molar-refractivity contribution in [2.24, 2.45) is 0 Å². The Morgan fingerprint density at radius 1 is 1.08 bits per heavy atom. The molecule has 0 aromatic heterocycles. The molecule has 124 valence electrons. The van der Waals surface area contributed by atoms with Crippen LogP contribution in [0.15, 0.2) is 48.5 Å². The number of thioether (sulfide) groups is 1. The summed E-state index contributed by atoms with van der Waals surface area (Å²) in [6.45, 7) is 1.83. The van der Waals surface area contributed by atoms with E-state index in [1.807, 2.05) is 41.3 Å². The standard InChI is InChI=1S/C18H18N2O3S/c21-18(19-14-6-7-15-16(12-14)23-10-9-22-15)20-8-11-24-17(20)13-4-2-1-3-5-13/h1-7,12,17H,8-11H2,(H,19,21). The summed E-state index contributed by atoms with van der Waals surface area (Å²) >= 11 is 1.79. The predicted octanol–water partition coefficient (Wildman–Crippen LogP) is 3.74. The fraction of sp³-hybridized carbons (Fsp3) is 0.278. The zero-order valence-electron chi connectivity index (χ0n) is 13.1. The lowest BCUT2D eigenvalue weighted by Gasteiger charge is -2.25. The molecule has 1 saturated heterocycles. The summed E-state index contributed by atoms with van der Waals surface area (Å²) in [5.74, 6) is 2.33. The van der Waals surface area contributed by atoms with Crippen molar-refractivity contribution in [1.82, 2.24) is 4.90 Å². The van der Waals surface area contributed by atoms with E-state index in [1.54, 1.807) is 11.8 Å². The molecular weight excluding hydrogens is 324 g/mol. The molecule has 0 radical (unpaired) electrons. The lowest BCUT2D eigenvalue weighted by atomic mass is 10.2. The predicted molar refractivity (Wildman–Crippen MR) is 94.8 cm³/mol. The molecule has 1 fully saturated rings. The van der Waals surface area contributed by atoms with Gasteiger partial charge < -0.3 is 19.7 Å². The number of fused-ring (bicyclic) bond motifs is 1. The topological polar surface area (TPSA) is 50.8 Å². The van der Waals surface area contributed by atoms with E-state index in [9.17, 15) is 4.79 Å². The van der Waals surface area contributed by atoms with Gasteiger partial charge in [-0.05, 0) is 17.7 Å². The summed E-state index contributed by atoms with van der Waals surface area (Å²) in [6.07, 6.45) is 0. The van der Waals surface area contributed by atoms with Crippen molar-refractivity contribution in [3.8, 4) is 11.5 Å². The van der Waals surface area contributed by atoms with Gasteiger partial charge in [-0.15, -0.1) is 11.8 Å². The molecule has 2 aromatic carbocycles. The van der Waals surface area contributed by atoms with Crippen LogP contribution in [0.25, 0.3) is 0 Å². The van der Waals surface area contributed by atoms with Gasteiger partial charge in [-0.2, -0.15) is 0 Å². The lowest BCUT2D eigenvalue weighted by Crippen LogP contribution is -2.34. The maximum absolute atomic E-state index is 12.7. The minimum Gasteiger partial charge on any atom is -0.486 e. The molecule has 4 rings (SSSR count). The smallest absolute Gasteiger partial charge is 0.323 e. The van der Waals surface area contributed by atoms with Crippen LogP contribution in [-0.2, 0) is 0 Å². The number of hydrogen-bond acceptors (Lipinski definition) is 4. The van der Waals surface area contributed by atoms with Crippen LogP contribution >= 0.6 is 11.8 Å². The zero-order valence-corrected chi connectivity index (χ0v) is 13.9. The van der Waals surface area contributed by atoms with Crippen LogP contribution in [0.4, 0.5) is 10.5 Å². The van der Waals surface area contributed by atoms with E-state index >= 15 is 0 Å². The van der Waals surface area contributed by atoms with Gasteiger partial charge in [0.25, 0.3) is 0 Å². The molecule has 2 heterocycles. The number of nitrogens with zero attached hydrogens (tertiary/aromatic N) is 1. The fourth-order valence-corrected chi connectivity index (χ4v) is 4.14. The Labute approximate surface area is 144 Å². The first-order valence-electron chi connectivity index (χ1n) is 7.95. The van der Waals surface area contributed by atoms with Gasteiger partial charge in [-0.25, -0.2) is 4.79 Å². The van der Waals surface area contributed by atoms with E-state index in [0.717, 1.165) is 23.6 Å². The molecule has 2 aliphatic heterocycles. The van der Waals surface area contributed by atoms with Crippen LogP contribution in [0.3, 0.4) is 0 Å². The van der Waals surface area contributed by atoms with Crippen LogP contribution in [0.5, 0.6) is 11.5 Å². The van der Waals surface area contributed by atoms with E-state index in [1.165, 1.54) is 0 Å². The third-order valence-electron chi connectivity index (χ3n) is 4.03. The average Bonchev–Trinajstić information content (AvgIpc) is 3.12. The number of benzene rings is 2. The SMILES string of the molecule is O=C(Nc1ccc2c(c1)OCCO2)N1CCSC1c1ccccc1. The summed E-state index contributed by atoms with van der Waals surface area (Å²) in [6, 6.07) is 15.5. The molecule has 24 heavy (non-hydrogen) atoms. The number of rotatable bonds is 2. The summed E-state index contributed by atoms with van der Waals surface area (Å²) in [5.41, 5.74) is 1.87. The van der Waals surface area contributed by atoms with Gasteiger partial charge in [0, 0.05) is 24.1 Å². The van der Waals surface area contributed by atoms with Crippen molar-refractivity contribution in [3.05, 3.63) is 54.1 Å². The van der Waals surface area contributed by atoms with Crippen molar-refractivity contribution >= 4 is 23.5 Å². The lowest BCUT2D eigenvalue weighted by molar-refractivity contribution is 0.171. The molecule has 2 aliphatic rings. The molecule has 0 saturated carbocycles. The summed E-state index contributed by atoms with van der Waals surface area (Å²) in [7, 11) is 0. The number of carbonyl (C=O) groups excluding carboxylic acids is 1. The Bertz CT molecular complexity index is 738. The fourth-order valence-electron chi connectivity index (χ4n) is 2.89. The summed E-state index contributed by atoms with van der Waals surface area (Å²) < 4.78 is 11.1. The number of ether oxygens (including phenoxy) is 2. The molecule has 0 spiro atoms. The second-order valence-electron chi connectivity index (χ2n) is 5.62. The summed E-state index contributed by atoms with van der Waals surface area (Å²) in [5, 5.41) is 3.03. The third-order valence-corrected chi connectivity index (χ3v) is 5.29. The van der Waals surface area contributed by atoms with Gasteiger partial charge in [-0.3, -0.25) is 0 Å². The second kappa shape index (κ2) is 6.65. The van der Waals surface area contributed by atoms with E-state index in [0.29, 0.717) is 24.7 Å². The van der Waals surface area contributed by atoms with Crippen LogP contribution in [-0.4, -0.2) is 36.4 Å². The number of urea groups is 1. The number of anilines is 1. The van der Waals surface area contributed by atoms with Gasteiger partial charge in [-0.1, -0.05) is 30.3 Å². The number of nitrogens with one attached hydrogen (secondary N) is 1. The van der Waals surface area contributed by atoms with Crippen LogP contribution in [0.2, 0.25) is 0 Å². The number of hydrogen-bond donors (Lipinski definition) is 1. The molecule has 6 heteroatoms. The third kappa shape index (κ3) is 3.01. The maximum Gasteiger partial charge on any atom is 0.323 e. The van der Waals surface area contributed by atoms with Crippen LogP contribution < -0.4 is 14.8 Å². The normalized spacial score (nSPS) is 19.2. The molecule has 1 N–H and O–H groups in total. The molecule has 2 amide bonds. The quantitative estimate of drug-likeness (QED) is 0.903. The van der Waals surface area contributed by atoms with Crippen molar-refractivity contribution < 1.29 is 14.3 Å². The highest BCUT2D eigenvalue weighted by Crippen LogP contribution is 2.38. The molecular formula is C18H18N2O3S. The zero-order chi connectivity index (χ0) is 16.4. The molecule has 5 nitrogen and oxygen atoms in total. The van der Waals surface area contributed by atoms with Gasteiger partial charge in [0.1, 0.15) is 18.6 Å². The van der Waals surface area contributed by atoms with E-state index < -0.39 is 0 Å². The van der Waals surface area contributed by atoms with Crippen molar-refractivity contribution in [2.75, 3.05) is 30.8 Å². The van der Waals surface area contributed by atoms with Crippen molar-refractivity contribution in [2.45, 2.75) is 5.37 Å². The van der Waals surface area contributed by atoms with Gasteiger partial charge >= 0.3 is 6.03 Å². The van der Waals surface area contributed by atoms with E-state index in [-0.39, 0.29) is 11.4 Å². The second-order valence-corrected chi connectivity index (χ2v) is 6.80. The molecule has 2 aromatic rings. The van der Waals surface area contributed by atoms with Gasteiger partial charge in [0.15, 0.2) is 11.5 Å². The van der Waals surface area contributed by atoms with Crippen LogP contribution in [0.1, 0.15) is 10.9 Å². The Kier molecular flexibility index (Phi) is 4.21. The largest absolute Gasteiger partial charge is 0.486 e. The Morgan fingerprint density at radius 3 is 2.71 bits per heavy atom. The average molecular weight is 342 g/mol. The highest BCUT2D eigenvalue weighted by Gasteiger charge is 2.30. The molecule has 0 bridgehead atoms. The highest BCUT2D eigenvalue weighted by atomic mass is 32.2.